The molecule has 0 amide bonds. The van der Waals surface area contributed by atoms with E-state index in [9.17, 15) is 0 Å². The number of rotatable bonds is 2. The number of ether oxygens (including phenoxy) is 1. The fraction of sp³-hybridized carbons (Fsp3) is 0.647. The smallest absolute Gasteiger partial charge is 0.0687 e. The van der Waals surface area contributed by atoms with Crippen LogP contribution in [0, 0.1) is 0 Å². The molecule has 3 aliphatic rings. The minimum absolute atomic E-state index is 0.288. The second-order valence-corrected chi connectivity index (χ2v) is 6.61. The SMILES string of the molecule is c1ccc2c(c1)CC(CC1CCC3(CCCC3)O1)N2. The van der Waals surface area contributed by atoms with Gasteiger partial charge in [0.25, 0.3) is 0 Å². The lowest BCUT2D eigenvalue weighted by molar-refractivity contribution is -0.0400. The average molecular weight is 257 g/mol. The largest absolute Gasteiger partial charge is 0.382 e. The van der Waals surface area contributed by atoms with Crippen LogP contribution in [0.4, 0.5) is 5.69 Å². The highest BCUT2D eigenvalue weighted by molar-refractivity contribution is 5.56. The lowest BCUT2D eigenvalue weighted by atomic mass is 9.97. The van der Waals surface area contributed by atoms with Crippen molar-refractivity contribution < 1.29 is 4.74 Å². The maximum Gasteiger partial charge on any atom is 0.0687 e. The number of hydrogen-bond donors (Lipinski definition) is 1. The van der Waals surface area contributed by atoms with Crippen molar-refractivity contribution in [3.05, 3.63) is 29.8 Å². The van der Waals surface area contributed by atoms with Crippen LogP contribution in [0.5, 0.6) is 0 Å². The maximum absolute atomic E-state index is 6.43. The number of para-hydroxylation sites is 1. The average Bonchev–Trinajstić information content (AvgIpc) is 3.11. The summed E-state index contributed by atoms with van der Waals surface area (Å²) in [6.07, 6.45) is 10.8. The van der Waals surface area contributed by atoms with Crippen molar-refractivity contribution in [1.82, 2.24) is 0 Å². The number of anilines is 1. The second kappa shape index (κ2) is 4.52. The van der Waals surface area contributed by atoms with Crippen LogP contribution >= 0.6 is 0 Å². The summed E-state index contributed by atoms with van der Waals surface area (Å²) in [7, 11) is 0. The molecule has 1 saturated heterocycles. The Hall–Kier alpha value is -1.02. The van der Waals surface area contributed by atoms with Gasteiger partial charge in [0.2, 0.25) is 0 Å². The molecular weight excluding hydrogens is 234 g/mol. The zero-order chi connectivity index (χ0) is 12.7. The Morgan fingerprint density at radius 3 is 2.84 bits per heavy atom. The van der Waals surface area contributed by atoms with Crippen LogP contribution in [-0.2, 0) is 11.2 Å². The summed E-state index contributed by atoms with van der Waals surface area (Å²) in [5.74, 6) is 0. The minimum atomic E-state index is 0.288. The van der Waals surface area contributed by atoms with Gasteiger partial charge in [-0.15, -0.1) is 0 Å². The van der Waals surface area contributed by atoms with Gasteiger partial charge < -0.3 is 10.1 Å². The molecule has 2 aliphatic heterocycles. The Kier molecular flexibility index (Phi) is 2.80. The van der Waals surface area contributed by atoms with Gasteiger partial charge in [0.05, 0.1) is 11.7 Å². The first-order chi connectivity index (χ1) is 9.33. The lowest BCUT2D eigenvalue weighted by Crippen LogP contribution is -2.28. The summed E-state index contributed by atoms with van der Waals surface area (Å²) in [6.45, 7) is 0. The molecule has 2 heterocycles. The van der Waals surface area contributed by atoms with E-state index in [2.05, 4.69) is 29.6 Å². The van der Waals surface area contributed by atoms with E-state index in [0.29, 0.717) is 12.1 Å². The summed E-state index contributed by atoms with van der Waals surface area (Å²) in [5, 5.41) is 3.66. The normalized spacial score (nSPS) is 31.6. The first-order valence-electron chi connectivity index (χ1n) is 7.85. The zero-order valence-corrected chi connectivity index (χ0v) is 11.5. The van der Waals surface area contributed by atoms with Gasteiger partial charge in [-0.1, -0.05) is 31.0 Å². The van der Waals surface area contributed by atoms with Gasteiger partial charge in [-0.3, -0.25) is 0 Å². The van der Waals surface area contributed by atoms with Gasteiger partial charge in [-0.25, -0.2) is 0 Å². The molecule has 2 fully saturated rings. The van der Waals surface area contributed by atoms with E-state index in [0.717, 1.165) is 0 Å². The monoisotopic (exact) mass is 257 g/mol. The van der Waals surface area contributed by atoms with E-state index < -0.39 is 0 Å². The van der Waals surface area contributed by atoms with E-state index >= 15 is 0 Å². The third kappa shape index (κ3) is 2.16. The Labute approximate surface area is 115 Å². The second-order valence-electron chi connectivity index (χ2n) is 6.61. The molecule has 2 unspecified atom stereocenters. The highest BCUT2D eigenvalue weighted by atomic mass is 16.5. The van der Waals surface area contributed by atoms with Gasteiger partial charge in [0, 0.05) is 11.7 Å². The highest BCUT2D eigenvalue weighted by Crippen LogP contribution is 2.44. The molecule has 1 spiro atoms. The quantitative estimate of drug-likeness (QED) is 0.867. The summed E-state index contributed by atoms with van der Waals surface area (Å²) in [6, 6.07) is 9.29. The molecular formula is C17H23NO. The van der Waals surface area contributed by atoms with Crippen molar-refractivity contribution in [2.75, 3.05) is 5.32 Å². The molecule has 19 heavy (non-hydrogen) atoms. The van der Waals surface area contributed by atoms with E-state index in [1.807, 2.05) is 0 Å². The van der Waals surface area contributed by atoms with Crippen LogP contribution in [0.2, 0.25) is 0 Å². The zero-order valence-electron chi connectivity index (χ0n) is 11.5. The van der Waals surface area contributed by atoms with Crippen molar-refractivity contribution in [3.8, 4) is 0 Å². The predicted molar refractivity (Wildman–Crippen MR) is 77.5 cm³/mol. The Morgan fingerprint density at radius 2 is 2.00 bits per heavy atom. The Bertz CT molecular complexity index is 439. The molecule has 1 aliphatic carbocycles. The number of hydrogen-bond acceptors (Lipinski definition) is 2. The highest BCUT2D eigenvalue weighted by Gasteiger charge is 2.42. The molecule has 2 nitrogen and oxygen atoms in total. The van der Waals surface area contributed by atoms with Crippen molar-refractivity contribution in [3.63, 3.8) is 0 Å². The molecule has 1 saturated carbocycles. The van der Waals surface area contributed by atoms with E-state index in [-0.39, 0.29) is 5.60 Å². The summed E-state index contributed by atoms with van der Waals surface area (Å²) in [4.78, 5) is 0. The van der Waals surface area contributed by atoms with Gasteiger partial charge in [-0.05, 0) is 50.2 Å². The van der Waals surface area contributed by atoms with Crippen molar-refractivity contribution >= 4 is 5.69 Å². The number of nitrogens with one attached hydrogen (secondary N) is 1. The van der Waals surface area contributed by atoms with Gasteiger partial charge in [0.15, 0.2) is 0 Å². The van der Waals surface area contributed by atoms with Crippen LogP contribution in [0.25, 0.3) is 0 Å². The van der Waals surface area contributed by atoms with Crippen molar-refractivity contribution in [2.24, 2.45) is 0 Å². The van der Waals surface area contributed by atoms with Gasteiger partial charge in [-0.2, -0.15) is 0 Å². The summed E-state index contributed by atoms with van der Waals surface area (Å²) >= 11 is 0. The minimum Gasteiger partial charge on any atom is -0.382 e. The number of benzene rings is 1. The van der Waals surface area contributed by atoms with E-state index in [4.69, 9.17) is 4.74 Å². The molecule has 2 atom stereocenters. The molecule has 1 N–H and O–H groups in total. The Balaban J connectivity index is 1.37. The van der Waals surface area contributed by atoms with Crippen LogP contribution in [0.1, 0.15) is 50.5 Å². The molecule has 1 aromatic carbocycles. The first-order valence-corrected chi connectivity index (χ1v) is 7.85. The molecule has 0 aromatic heterocycles. The third-order valence-electron chi connectivity index (χ3n) is 5.24. The van der Waals surface area contributed by atoms with Crippen LogP contribution in [-0.4, -0.2) is 17.7 Å². The lowest BCUT2D eigenvalue weighted by Gasteiger charge is -2.25. The van der Waals surface area contributed by atoms with Gasteiger partial charge >= 0.3 is 0 Å². The molecule has 0 radical (unpaired) electrons. The molecule has 4 rings (SSSR count). The van der Waals surface area contributed by atoms with E-state index in [1.165, 1.54) is 62.6 Å². The van der Waals surface area contributed by atoms with E-state index in [1.54, 1.807) is 0 Å². The third-order valence-corrected chi connectivity index (χ3v) is 5.24. The van der Waals surface area contributed by atoms with Crippen LogP contribution in [0.3, 0.4) is 0 Å². The number of fused-ring (bicyclic) bond motifs is 1. The predicted octanol–water partition coefficient (Wildman–Crippen LogP) is 3.91. The maximum atomic E-state index is 6.43. The fourth-order valence-electron chi connectivity index (χ4n) is 4.28. The topological polar surface area (TPSA) is 21.3 Å². The van der Waals surface area contributed by atoms with Crippen molar-refractivity contribution in [1.29, 1.82) is 0 Å². The van der Waals surface area contributed by atoms with Crippen LogP contribution < -0.4 is 5.32 Å². The van der Waals surface area contributed by atoms with Crippen LogP contribution in [0.15, 0.2) is 24.3 Å². The molecule has 102 valence electrons. The first kappa shape index (κ1) is 11.8. The van der Waals surface area contributed by atoms with Crippen molar-refractivity contribution in [2.45, 2.75) is 69.1 Å². The molecule has 1 aromatic rings. The van der Waals surface area contributed by atoms with Gasteiger partial charge in [0.1, 0.15) is 0 Å². The standard InChI is InChI=1S/C17H23NO/c1-2-6-16-13(5-1)11-14(18-16)12-15-7-10-17(19-15)8-3-4-9-17/h1-2,5-6,14-15,18H,3-4,7-12H2. The molecule has 0 bridgehead atoms. The Morgan fingerprint density at radius 1 is 1.16 bits per heavy atom. The fourth-order valence-corrected chi connectivity index (χ4v) is 4.28. The summed E-state index contributed by atoms with van der Waals surface area (Å²) < 4.78 is 6.43. The molecule has 2 heteroatoms. The summed E-state index contributed by atoms with van der Waals surface area (Å²) in [5.41, 5.74) is 3.10.